The molecule has 0 rings (SSSR count). The van der Waals surface area contributed by atoms with E-state index in [1.807, 2.05) is 0 Å². The van der Waals surface area contributed by atoms with Gasteiger partial charge in [-0.15, -0.1) is 0 Å². The van der Waals surface area contributed by atoms with Crippen LogP contribution in [0.15, 0.2) is 0 Å². The van der Waals surface area contributed by atoms with Crippen LogP contribution >= 0.6 is 0 Å². The second kappa shape index (κ2) is 35.2. The van der Waals surface area contributed by atoms with Crippen LogP contribution in [0.2, 0.25) is 0 Å². The first-order valence-electron chi connectivity index (χ1n) is 19.4. The first-order chi connectivity index (χ1) is 21.5. The molecule has 0 saturated carbocycles. The fourth-order valence-corrected chi connectivity index (χ4v) is 5.97. The number of amides is 1. The summed E-state index contributed by atoms with van der Waals surface area (Å²) in [6, 6.07) is 0. The molecule has 0 radical (unpaired) electrons. The summed E-state index contributed by atoms with van der Waals surface area (Å²) in [7, 11) is 0. The average Bonchev–Trinajstić information content (AvgIpc) is 3.02. The summed E-state index contributed by atoms with van der Waals surface area (Å²) in [6.45, 7) is 5.13. The Morgan fingerprint density at radius 3 is 1.25 bits per heavy atom. The van der Waals surface area contributed by atoms with Gasteiger partial charge in [0.2, 0.25) is 5.91 Å². The van der Waals surface area contributed by atoms with Crippen LogP contribution in [-0.2, 0) is 9.53 Å². The lowest BCUT2D eigenvalue weighted by Gasteiger charge is -2.27. The van der Waals surface area contributed by atoms with Crippen molar-refractivity contribution in [3.63, 3.8) is 0 Å². The van der Waals surface area contributed by atoms with Gasteiger partial charge in [0, 0.05) is 26.1 Å². The molecule has 0 aliphatic heterocycles. The number of ether oxygens (including phenoxy) is 1. The van der Waals surface area contributed by atoms with E-state index in [4.69, 9.17) is 4.74 Å². The van der Waals surface area contributed by atoms with E-state index in [0.29, 0.717) is 13.0 Å². The summed E-state index contributed by atoms with van der Waals surface area (Å²) in [6.07, 6.45) is 33.5. The largest absolute Gasteiger partial charge is 0.394 e. The number of aliphatic hydroxyl groups excluding tert-OH is 3. The average molecular weight is 628 g/mol. The highest BCUT2D eigenvalue weighted by Crippen LogP contribution is 2.15. The minimum atomic E-state index is -0.991. The topological polar surface area (TPSA) is 90.2 Å². The zero-order valence-electron chi connectivity index (χ0n) is 29.6. The standard InChI is InChI=1S/C38H77NO5/c1-3-5-7-9-11-13-15-17-19-21-23-25-27-29-31-44-35-37(42)33-39(32-36(41)34-40)38(43)30-28-26-24-22-20-18-16-14-12-10-8-6-4-2/h36-37,40-42H,3-35H2,1-2H3. The van der Waals surface area contributed by atoms with Crippen LogP contribution in [0, 0.1) is 0 Å². The van der Waals surface area contributed by atoms with Crippen molar-refractivity contribution < 1.29 is 24.9 Å². The van der Waals surface area contributed by atoms with Crippen molar-refractivity contribution in [1.82, 2.24) is 4.90 Å². The highest BCUT2D eigenvalue weighted by molar-refractivity contribution is 5.76. The Kier molecular flexibility index (Phi) is 34.6. The zero-order valence-corrected chi connectivity index (χ0v) is 29.6. The zero-order chi connectivity index (χ0) is 32.4. The molecule has 0 aliphatic rings. The van der Waals surface area contributed by atoms with E-state index >= 15 is 0 Å². The maximum atomic E-state index is 12.8. The Labute approximate surface area is 274 Å². The highest BCUT2D eigenvalue weighted by Gasteiger charge is 2.20. The number of aliphatic hydroxyl groups is 3. The minimum absolute atomic E-state index is 0.0454. The molecule has 2 atom stereocenters. The molecule has 0 aromatic rings. The molecule has 0 aromatic heterocycles. The highest BCUT2D eigenvalue weighted by atomic mass is 16.5. The van der Waals surface area contributed by atoms with Crippen LogP contribution in [0.1, 0.15) is 194 Å². The summed E-state index contributed by atoms with van der Waals surface area (Å²) < 4.78 is 5.70. The number of nitrogens with zero attached hydrogens (tertiary/aromatic N) is 1. The van der Waals surface area contributed by atoms with Crippen molar-refractivity contribution in [3.05, 3.63) is 0 Å². The number of unbranched alkanes of at least 4 members (excludes halogenated alkanes) is 25. The van der Waals surface area contributed by atoms with Crippen molar-refractivity contribution in [2.75, 3.05) is 32.9 Å². The van der Waals surface area contributed by atoms with Crippen LogP contribution in [0.3, 0.4) is 0 Å². The third-order valence-electron chi connectivity index (χ3n) is 8.87. The quantitative estimate of drug-likeness (QED) is 0.0602. The van der Waals surface area contributed by atoms with Crippen molar-refractivity contribution >= 4 is 5.91 Å². The molecule has 3 N–H and O–H groups in total. The molecule has 6 nitrogen and oxygen atoms in total. The second-order valence-electron chi connectivity index (χ2n) is 13.5. The van der Waals surface area contributed by atoms with Crippen LogP contribution in [-0.4, -0.2) is 71.2 Å². The molecular weight excluding hydrogens is 550 g/mol. The number of hydrogen-bond donors (Lipinski definition) is 3. The Morgan fingerprint density at radius 1 is 0.523 bits per heavy atom. The van der Waals surface area contributed by atoms with Gasteiger partial charge in [0.15, 0.2) is 0 Å². The van der Waals surface area contributed by atoms with E-state index in [-0.39, 0.29) is 25.6 Å². The van der Waals surface area contributed by atoms with Crippen molar-refractivity contribution in [1.29, 1.82) is 0 Å². The summed E-state index contributed by atoms with van der Waals surface area (Å²) in [5, 5.41) is 29.7. The number of hydrogen-bond acceptors (Lipinski definition) is 5. The Bertz CT molecular complexity index is 575. The first-order valence-corrected chi connectivity index (χ1v) is 19.4. The van der Waals surface area contributed by atoms with Crippen LogP contribution in [0.5, 0.6) is 0 Å². The lowest BCUT2D eigenvalue weighted by molar-refractivity contribution is -0.135. The van der Waals surface area contributed by atoms with Gasteiger partial charge in [-0.2, -0.15) is 0 Å². The van der Waals surface area contributed by atoms with Gasteiger partial charge in [-0.25, -0.2) is 0 Å². The summed E-state index contributed by atoms with van der Waals surface area (Å²) in [5.41, 5.74) is 0. The monoisotopic (exact) mass is 628 g/mol. The van der Waals surface area contributed by atoms with E-state index in [0.717, 1.165) is 32.1 Å². The van der Waals surface area contributed by atoms with Crippen LogP contribution < -0.4 is 0 Å². The maximum absolute atomic E-state index is 12.8. The van der Waals surface area contributed by atoms with E-state index in [2.05, 4.69) is 13.8 Å². The van der Waals surface area contributed by atoms with Crippen molar-refractivity contribution in [2.24, 2.45) is 0 Å². The fraction of sp³-hybridized carbons (Fsp3) is 0.974. The van der Waals surface area contributed by atoms with E-state index < -0.39 is 18.8 Å². The van der Waals surface area contributed by atoms with Gasteiger partial charge in [0.05, 0.1) is 25.4 Å². The second-order valence-corrected chi connectivity index (χ2v) is 13.5. The lowest BCUT2D eigenvalue weighted by atomic mass is 10.0. The lowest BCUT2D eigenvalue weighted by Crippen LogP contribution is -2.44. The van der Waals surface area contributed by atoms with E-state index in [1.165, 1.54) is 146 Å². The minimum Gasteiger partial charge on any atom is -0.394 e. The van der Waals surface area contributed by atoms with Gasteiger partial charge in [0.25, 0.3) is 0 Å². The molecule has 6 heteroatoms. The van der Waals surface area contributed by atoms with Crippen LogP contribution in [0.4, 0.5) is 0 Å². The third-order valence-corrected chi connectivity index (χ3v) is 8.87. The Hall–Kier alpha value is -0.690. The molecule has 0 aliphatic carbocycles. The molecule has 0 aromatic carbocycles. The SMILES string of the molecule is CCCCCCCCCCCCCCCCOCC(O)CN(CC(O)CO)C(=O)CCCCCCCCCCCCCCC. The smallest absolute Gasteiger partial charge is 0.222 e. The molecule has 0 saturated heterocycles. The molecular formula is C38H77NO5. The molecule has 2 unspecified atom stereocenters. The van der Waals surface area contributed by atoms with Gasteiger partial charge in [-0.1, -0.05) is 174 Å². The first kappa shape index (κ1) is 43.3. The Balaban J connectivity index is 3.82. The van der Waals surface area contributed by atoms with Gasteiger partial charge in [-0.05, 0) is 12.8 Å². The fourth-order valence-electron chi connectivity index (χ4n) is 5.97. The van der Waals surface area contributed by atoms with Gasteiger partial charge >= 0.3 is 0 Å². The van der Waals surface area contributed by atoms with E-state index in [9.17, 15) is 20.1 Å². The summed E-state index contributed by atoms with van der Waals surface area (Å²) in [5.74, 6) is -0.0633. The molecule has 1 amide bonds. The summed E-state index contributed by atoms with van der Waals surface area (Å²) >= 11 is 0. The normalized spacial score (nSPS) is 12.9. The summed E-state index contributed by atoms with van der Waals surface area (Å²) in [4.78, 5) is 14.3. The predicted octanol–water partition coefficient (Wildman–Crippen LogP) is 9.51. The molecule has 264 valence electrons. The number of rotatable bonds is 36. The molecule has 0 heterocycles. The maximum Gasteiger partial charge on any atom is 0.222 e. The Morgan fingerprint density at radius 2 is 0.864 bits per heavy atom. The number of carbonyl (C=O) groups excluding carboxylic acids is 1. The molecule has 0 fully saturated rings. The third kappa shape index (κ3) is 31.3. The number of carbonyl (C=O) groups is 1. The van der Waals surface area contributed by atoms with E-state index in [1.54, 1.807) is 0 Å². The predicted molar refractivity (Wildman–Crippen MR) is 187 cm³/mol. The van der Waals surface area contributed by atoms with Gasteiger partial charge < -0.3 is 25.0 Å². The van der Waals surface area contributed by atoms with Gasteiger partial charge in [-0.3, -0.25) is 4.79 Å². The van der Waals surface area contributed by atoms with Crippen molar-refractivity contribution in [2.45, 2.75) is 206 Å². The molecule has 0 spiro atoms. The van der Waals surface area contributed by atoms with Crippen LogP contribution in [0.25, 0.3) is 0 Å². The molecule has 44 heavy (non-hydrogen) atoms. The van der Waals surface area contributed by atoms with Gasteiger partial charge in [0.1, 0.15) is 0 Å². The molecule has 0 bridgehead atoms. The van der Waals surface area contributed by atoms with Crippen molar-refractivity contribution in [3.8, 4) is 0 Å².